The maximum Gasteiger partial charge on any atom is 0.317 e. The lowest BCUT2D eigenvalue weighted by Gasteiger charge is -2.36. The number of rotatable bonds is 7. The van der Waals surface area contributed by atoms with E-state index < -0.39 is 16.1 Å². The number of nitrogens with zero attached hydrogens (tertiary/aromatic N) is 2. The van der Waals surface area contributed by atoms with E-state index in [1.54, 1.807) is 35.9 Å². The van der Waals surface area contributed by atoms with Gasteiger partial charge in [-0.2, -0.15) is 0 Å². The van der Waals surface area contributed by atoms with Crippen molar-refractivity contribution in [2.45, 2.75) is 96.4 Å². The van der Waals surface area contributed by atoms with Gasteiger partial charge in [0, 0.05) is 44.4 Å². The molecule has 1 fully saturated rings. The van der Waals surface area contributed by atoms with E-state index in [2.05, 4.69) is 10.0 Å². The van der Waals surface area contributed by atoms with Crippen molar-refractivity contribution >= 4 is 27.6 Å². The second-order valence-electron chi connectivity index (χ2n) is 12.0. The summed E-state index contributed by atoms with van der Waals surface area (Å²) in [7, 11) is -1.80. The van der Waals surface area contributed by atoms with Crippen LogP contribution in [0.15, 0.2) is 18.2 Å². The Morgan fingerprint density at radius 1 is 1.14 bits per heavy atom. The molecule has 11 nitrogen and oxygen atoms in total. The van der Waals surface area contributed by atoms with Crippen molar-refractivity contribution in [3.05, 3.63) is 23.8 Å². The fourth-order valence-corrected chi connectivity index (χ4v) is 6.10. The third kappa shape index (κ3) is 10.3. The number of benzene rings is 1. The van der Waals surface area contributed by atoms with Crippen LogP contribution in [0.1, 0.15) is 82.5 Å². The summed E-state index contributed by atoms with van der Waals surface area (Å²) in [6.45, 7) is 6.53. The molecule has 0 aromatic heterocycles. The Hall–Kier alpha value is -2.57. The third-order valence-electron chi connectivity index (χ3n) is 8.09. The van der Waals surface area contributed by atoms with Crippen LogP contribution in [0.4, 0.5) is 10.5 Å². The molecular formula is C30H50N4O7S. The zero-order chi connectivity index (χ0) is 30.9. The summed E-state index contributed by atoms with van der Waals surface area (Å²) in [5.41, 5.74) is 0.458. The molecule has 3 amide bonds. The lowest BCUT2D eigenvalue weighted by Crippen LogP contribution is -2.50. The standard InChI is InChI=1S/C30H50N4O7S/c1-21-18-34(22(2)20-35)29(36)26-17-25(32-42(5,38)39)14-15-27(26)41-23(3)11-9-10-16-40-28(21)19-33(4)30(37)31-24-12-7-6-8-13-24/h14-15,17,21-24,28,32,35H,6-13,16,18-20H2,1-5H3,(H,31,37)/t21-,22+,23+,28+/m0/s1. The number of nitrogens with one attached hydrogen (secondary N) is 2. The number of aliphatic hydroxyl groups excluding tert-OH is 1. The highest BCUT2D eigenvalue weighted by molar-refractivity contribution is 7.92. The highest BCUT2D eigenvalue weighted by atomic mass is 32.2. The van der Waals surface area contributed by atoms with Gasteiger partial charge in [0.2, 0.25) is 10.0 Å². The number of hydrogen-bond acceptors (Lipinski definition) is 7. The molecule has 2 aliphatic rings. The van der Waals surface area contributed by atoms with Crippen LogP contribution < -0.4 is 14.8 Å². The van der Waals surface area contributed by atoms with Crippen LogP contribution in [0.5, 0.6) is 5.75 Å². The molecule has 3 N–H and O–H groups in total. The molecule has 1 aromatic rings. The lowest BCUT2D eigenvalue weighted by atomic mass is 9.96. The molecule has 3 rings (SSSR count). The fraction of sp³-hybridized carbons (Fsp3) is 0.733. The van der Waals surface area contributed by atoms with Gasteiger partial charge in [-0.1, -0.05) is 26.2 Å². The molecule has 1 aliphatic carbocycles. The molecule has 1 aromatic carbocycles. The largest absolute Gasteiger partial charge is 0.490 e. The molecule has 1 heterocycles. The number of carbonyl (C=O) groups excluding carboxylic acids is 2. The Morgan fingerprint density at radius 3 is 2.50 bits per heavy atom. The molecule has 0 saturated heterocycles. The zero-order valence-electron chi connectivity index (χ0n) is 25.8. The van der Waals surface area contributed by atoms with Gasteiger partial charge in [-0.05, 0) is 64.2 Å². The monoisotopic (exact) mass is 610 g/mol. The molecule has 12 heteroatoms. The summed E-state index contributed by atoms with van der Waals surface area (Å²) in [5, 5.41) is 13.2. The average molecular weight is 611 g/mol. The number of sulfonamides is 1. The summed E-state index contributed by atoms with van der Waals surface area (Å²) in [6, 6.07) is 4.21. The first-order valence-electron chi connectivity index (χ1n) is 15.2. The van der Waals surface area contributed by atoms with Gasteiger partial charge in [0.1, 0.15) is 5.75 Å². The Labute approximate surface area is 251 Å². The van der Waals surface area contributed by atoms with E-state index in [-0.39, 0.29) is 60.5 Å². The molecule has 42 heavy (non-hydrogen) atoms. The Kier molecular flexibility index (Phi) is 12.7. The summed E-state index contributed by atoms with van der Waals surface area (Å²) >= 11 is 0. The Bertz CT molecular complexity index is 1140. The zero-order valence-corrected chi connectivity index (χ0v) is 26.6. The summed E-state index contributed by atoms with van der Waals surface area (Å²) in [5.74, 6) is -0.211. The van der Waals surface area contributed by atoms with E-state index in [1.807, 2.05) is 13.8 Å². The predicted molar refractivity (Wildman–Crippen MR) is 163 cm³/mol. The van der Waals surface area contributed by atoms with Gasteiger partial charge >= 0.3 is 6.03 Å². The van der Waals surface area contributed by atoms with Crippen LogP contribution >= 0.6 is 0 Å². The minimum absolute atomic E-state index is 0.125. The maximum absolute atomic E-state index is 14.1. The first-order valence-corrected chi connectivity index (χ1v) is 17.1. The molecule has 0 radical (unpaired) electrons. The summed E-state index contributed by atoms with van der Waals surface area (Å²) in [4.78, 5) is 30.3. The van der Waals surface area contributed by atoms with Gasteiger partial charge < -0.3 is 29.7 Å². The van der Waals surface area contributed by atoms with Crippen molar-refractivity contribution in [1.82, 2.24) is 15.1 Å². The topological polar surface area (TPSA) is 138 Å². The predicted octanol–water partition coefficient (Wildman–Crippen LogP) is 3.83. The molecule has 0 spiro atoms. The Balaban J connectivity index is 1.88. The average Bonchev–Trinajstić information content (AvgIpc) is 2.94. The van der Waals surface area contributed by atoms with Crippen molar-refractivity contribution in [1.29, 1.82) is 0 Å². The van der Waals surface area contributed by atoms with Crippen molar-refractivity contribution in [2.75, 3.05) is 44.3 Å². The van der Waals surface area contributed by atoms with E-state index in [9.17, 15) is 23.1 Å². The van der Waals surface area contributed by atoms with Crippen LogP contribution in [-0.4, -0.2) is 99.2 Å². The molecule has 4 atom stereocenters. The van der Waals surface area contributed by atoms with E-state index in [0.29, 0.717) is 18.9 Å². The normalized spacial score (nSPS) is 24.1. The fourth-order valence-electron chi connectivity index (χ4n) is 5.55. The number of urea groups is 1. The number of ether oxygens (including phenoxy) is 2. The van der Waals surface area contributed by atoms with E-state index in [4.69, 9.17) is 9.47 Å². The SMILES string of the molecule is C[C@@H]1CCCCO[C@H](CN(C)C(=O)NC2CCCCC2)[C@@H](C)CN([C@H](C)CO)C(=O)c2cc(NS(C)(=O)=O)ccc2O1. The van der Waals surface area contributed by atoms with E-state index in [0.717, 1.165) is 51.2 Å². The van der Waals surface area contributed by atoms with Gasteiger partial charge in [-0.3, -0.25) is 9.52 Å². The van der Waals surface area contributed by atoms with Crippen LogP contribution in [-0.2, 0) is 14.8 Å². The summed E-state index contributed by atoms with van der Waals surface area (Å²) < 4.78 is 38.8. The van der Waals surface area contributed by atoms with Gasteiger partial charge in [0.05, 0.1) is 36.7 Å². The maximum atomic E-state index is 14.1. The lowest BCUT2D eigenvalue weighted by molar-refractivity contribution is -0.0123. The number of amides is 3. The number of hydrogen-bond donors (Lipinski definition) is 3. The quantitative estimate of drug-likeness (QED) is 0.427. The number of likely N-dealkylation sites (N-methyl/N-ethyl adjacent to an activating group) is 1. The highest BCUT2D eigenvalue weighted by Crippen LogP contribution is 2.29. The number of anilines is 1. The van der Waals surface area contributed by atoms with Crippen molar-refractivity contribution in [3.63, 3.8) is 0 Å². The molecular weight excluding hydrogens is 560 g/mol. The second-order valence-corrected chi connectivity index (χ2v) is 13.8. The van der Waals surface area contributed by atoms with E-state index >= 15 is 0 Å². The van der Waals surface area contributed by atoms with Crippen molar-refractivity contribution < 1.29 is 32.6 Å². The molecule has 238 valence electrons. The minimum Gasteiger partial charge on any atom is -0.490 e. The number of fused-ring (bicyclic) bond motifs is 1. The third-order valence-corrected chi connectivity index (χ3v) is 8.69. The van der Waals surface area contributed by atoms with Crippen molar-refractivity contribution in [3.8, 4) is 5.75 Å². The number of carbonyl (C=O) groups is 2. The first kappa shape index (κ1) is 33.9. The van der Waals surface area contributed by atoms with Crippen LogP contribution in [0, 0.1) is 5.92 Å². The van der Waals surface area contributed by atoms with Crippen molar-refractivity contribution in [2.24, 2.45) is 5.92 Å². The van der Waals surface area contributed by atoms with Crippen LogP contribution in [0.2, 0.25) is 0 Å². The van der Waals surface area contributed by atoms with Gasteiger partial charge in [0.15, 0.2) is 0 Å². The Morgan fingerprint density at radius 2 is 1.83 bits per heavy atom. The smallest absolute Gasteiger partial charge is 0.317 e. The van der Waals surface area contributed by atoms with Gasteiger partial charge in [-0.25, -0.2) is 13.2 Å². The van der Waals surface area contributed by atoms with Crippen LogP contribution in [0.3, 0.4) is 0 Å². The van der Waals surface area contributed by atoms with Gasteiger partial charge in [-0.15, -0.1) is 0 Å². The number of aliphatic hydroxyl groups is 1. The van der Waals surface area contributed by atoms with Gasteiger partial charge in [0.25, 0.3) is 5.91 Å². The minimum atomic E-state index is -3.57. The van der Waals surface area contributed by atoms with Crippen LogP contribution in [0.25, 0.3) is 0 Å². The molecule has 0 bridgehead atoms. The molecule has 0 unspecified atom stereocenters. The second kappa shape index (κ2) is 15.8. The highest BCUT2D eigenvalue weighted by Gasteiger charge is 2.31. The molecule has 1 aliphatic heterocycles. The molecule has 1 saturated carbocycles. The summed E-state index contributed by atoms with van der Waals surface area (Å²) in [6.07, 6.45) is 8.38. The first-order chi connectivity index (χ1) is 19.9. The van der Waals surface area contributed by atoms with E-state index in [1.165, 1.54) is 12.5 Å².